The van der Waals surface area contributed by atoms with Gasteiger partial charge in [0.05, 0.1) is 6.42 Å². The lowest BCUT2D eigenvalue weighted by atomic mass is 9.98. The molecule has 0 heterocycles. The molecule has 0 amide bonds. The highest BCUT2D eigenvalue weighted by molar-refractivity contribution is 5.67. The fourth-order valence-corrected chi connectivity index (χ4v) is 2.24. The SMILES string of the molecule is CC(C)c1ccc(CC(CC(=O)O)NCCN(C)C)cc1. The normalized spacial score (nSPS) is 12.9. The summed E-state index contributed by atoms with van der Waals surface area (Å²) >= 11 is 0. The number of hydrogen-bond donors (Lipinski definition) is 2. The van der Waals surface area contributed by atoms with Gasteiger partial charge in [-0.25, -0.2) is 0 Å². The minimum atomic E-state index is -0.754. The van der Waals surface area contributed by atoms with Crippen LogP contribution >= 0.6 is 0 Å². The van der Waals surface area contributed by atoms with E-state index < -0.39 is 5.97 Å². The quantitative estimate of drug-likeness (QED) is 0.733. The Labute approximate surface area is 128 Å². The Kier molecular flexibility index (Phi) is 7.40. The average molecular weight is 292 g/mol. The molecule has 0 aromatic heterocycles. The van der Waals surface area contributed by atoms with Gasteiger partial charge in [0.25, 0.3) is 0 Å². The summed E-state index contributed by atoms with van der Waals surface area (Å²) in [5, 5.41) is 12.4. The molecule has 0 aliphatic rings. The van der Waals surface area contributed by atoms with E-state index in [0.717, 1.165) is 19.5 Å². The van der Waals surface area contributed by atoms with Crippen molar-refractivity contribution in [3.8, 4) is 0 Å². The van der Waals surface area contributed by atoms with Crippen LogP contribution in [0.5, 0.6) is 0 Å². The number of nitrogens with one attached hydrogen (secondary N) is 1. The molecule has 21 heavy (non-hydrogen) atoms. The molecule has 4 heteroatoms. The number of carboxylic acid groups (broad SMARTS) is 1. The van der Waals surface area contributed by atoms with Gasteiger partial charge in [-0.2, -0.15) is 0 Å². The van der Waals surface area contributed by atoms with E-state index in [9.17, 15) is 4.79 Å². The number of rotatable bonds is 9. The standard InChI is InChI=1S/C17H28N2O2/c1-13(2)15-7-5-14(6-8-15)11-16(12-17(20)21)18-9-10-19(3)4/h5-8,13,16,18H,9-12H2,1-4H3,(H,20,21). The van der Waals surface area contributed by atoms with Crippen LogP contribution in [0.15, 0.2) is 24.3 Å². The van der Waals surface area contributed by atoms with Crippen LogP contribution in [0.2, 0.25) is 0 Å². The largest absolute Gasteiger partial charge is 0.481 e. The van der Waals surface area contributed by atoms with Crippen molar-refractivity contribution in [2.24, 2.45) is 0 Å². The smallest absolute Gasteiger partial charge is 0.304 e. The van der Waals surface area contributed by atoms with Gasteiger partial charge in [0.2, 0.25) is 0 Å². The molecule has 0 fully saturated rings. The van der Waals surface area contributed by atoms with Crippen molar-refractivity contribution < 1.29 is 9.90 Å². The molecule has 1 atom stereocenters. The van der Waals surface area contributed by atoms with Gasteiger partial charge in [0.1, 0.15) is 0 Å². The summed E-state index contributed by atoms with van der Waals surface area (Å²) in [6.45, 7) is 6.05. The Hall–Kier alpha value is -1.39. The highest BCUT2D eigenvalue weighted by Gasteiger charge is 2.13. The molecule has 1 aromatic rings. The number of benzene rings is 1. The monoisotopic (exact) mass is 292 g/mol. The second-order valence-electron chi connectivity index (χ2n) is 6.15. The first-order valence-corrected chi connectivity index (χ1v) is 7.57. The van der Waals surface area contributed by atoms with E-state index in [1.165, 1.54) is 11.1 Å². The second-order valence-corrected chi connectivity index (χ2v) is 6.15. The molecular weight excluding hydrogens is 264 g/mol. The maximum atomic E-state index is 11.0. The van der Waals surface area contributed by atoms with Gasteiger partial charge in [-0.1, -0.05) is 38.1 Å². The zero-order chi connectivity index (χ0) is 15.8. The Bertz CT molecular complexity index is 427. The van der Waals surface area contributed by atoms with E-state index >= 15 is 0 Å². The molecule has 0 saturated carbocycles. The Morgan fingerprint density at radius 2 is 1.86 bits per heavy atom. The van der Waals surface area contributed by atoms with Gasteiger partial charge in [-0.15, -0.1) is 0 Å². The summed E-state index contributed by atoms with van der Waals surface area (Å²) in [4.78, 5) is 13.1. The molecule has 1 rings (SSSR count). The third-order valence-electron chi connectivity index (χ3n) is 3.54. The van der Waals surface area contributed by atoms with Gasteiger partial charge in [-0.3, -0.25) is 4.79 Å². The molecule has 2 N–H and O–H groups in total. The maximum absolute atomic E-state index is 11.0. The van der Waals surface area contributed by atoms with Crippen molar-refractivity contribution in [2.45, 2.75) is 38.6 Å². The van der Waals surface area contributed by atoms with Crippen LogP contribution in [0.4, 0.5) is 0 Å². The lowest BCUT2D eigenvalue weighted by Gasteiger charge is -2.19. The van der Waals surface area contributed by atoms with E-state index in [-0.39, 0.29) is 12.5 Å². The first-order chi connectivity index (χ1) is 9.88. The minimum Gasteiger partial charge on any atom is -0.481 e. The second kappa shape index (κ2) is 8.80. The van der Waals surface area contributed by atoms with Gasteiger partial charge in [0, 0.05) is 19.1 Å². The average Bonchev–Trinajstić information content (AvgIpc) is 2.38. The zero-order valence-electron chi connectivity index (χ0n) is 13.6. The number of nitrogens with zero attached hydrogens (tertiary/aromatic N) is 1. The van der Waals surface area contributed by atoms with E-state index in [1.54, 1.807) is 0 Å². The molecule has 1 aromatic carbocycles. The predicted molar refractivity (Wildman–Crippen MR) is 86.8 cm³/mol. The third kappa shape index (κ3) is 7.25. The molecule has 1 unspecified atom stereocenters. The predicted octanol–water partition coefficient (Wildman–Crippen LogP) is 2.35. The minimum absolute atomic E-state index is 0.0210. The molecular formula is C17H28N2O2. The van der Waals surface area contributed by atoms with Crippen molar-refractivity contribution in [1.82, 2.24) is 10.2 Å². The maximum Gasteiger partial charge on any atom is 0.304 e. The molecule has 118 valence electrons. The first-order valence-electron chi connectivity index (χ1n) is 7.57. The first kappa shape index (κ1) is 17.7. The fraction of sp³-hybridized carbons (Fsp3) is 0.588. The molecule has 4 nitrogen and oxygen atoms in total. The van der Waals surface area contributed by atoms with Crippen molar-refractivity contribution in [3.05, 3.63) is 35.4 Å². The van der Waals surface area contributed by atoms with Crippen molar-refractivity contribution in [3.63, 3.8) is 0 Å². The van der Waals surface area contributed by atoms with Crippen LogP contribution in [0.1, 0.15) is 37.3 Å². The number of carbonyl (C=O) groups is 1. The number of carboxylic acids is 1. The zero-order valence-corrected chi connectivity index (χ0v) is 13.6. The Morgan fingerprint density at radius 1 is 1.24 bits per heavy atom. The van der Waals surface area contributed by atoms with Crippen LogP contribution in [-0.4, -0.2) is 49.2 Å². The van der Waals surface area contributed by atoms with Crippen LogP contribution < -0.4 is 5.32 Å². The summed E-state index contributed by atoms with van der Waals surface area (Å²) < 4.78 is 0. The van der Waals surface area contributed by atoms with E-state index in [0.29, 0.717) is 5.92 Å². The highest BCUT2D eigenvalue weighted by atomic mass is 16.4. The lowest BCUT2D eigenvalue weighted by molar-refractivity contribution is -0.137. The molecule has 0 radical (unpaired) electrons. The van der Waals surface area contributed by atoms with E-state index in [2.05, 4.69) is 48.3 Å². The van der Waals surface area contributed by atoms with Crippen LogP contribution in [0, 0.1) is 0 Å². The van der Waals surface area contributed by atoms with Crippen molar-refractivity contribution >= 4 is 5.97 Å². The number of aliphatic carboxylic acids is 1. The number of hydrogen-bond acceptors (Lipinski definition) is 3. The summed E-state index contributed by atoms with van der Waals surface area (Å²) in [5.41, 5.74) is 2.50. The van der Waals surface area contributed by atoms with Crippen molar-refractivity contribution in [1.29, 1.82) is 0 Å². The van der Waals surface area contributed by atoms with Gasteiger partial charge in [-0.05, 0) is 37.6 Å². The van der Waals surface area contributed by atoms with E-state index in [1.807, 2.05) is 14.1 Å². The highest BCUT2D eigenvalue weighted by Crippen LogP contribution is 2.16. The molecule has 0 bridgehead atoms. The fourth-order valence-electron chi connectivity index (χ4n) is 2.24. The Balaban J connectivity index is 2.60. The van der Waals surface area contributed by atoms with Crippen molar-refractivity contribution in [2.75, 3.05) is 27.2 Å². The lowest BCUT2D eigenvalue weighted by Crippen LogP contribution is -2.37. The van der Waals surface area contributed by atoms with Gasteiger partial charge >= 0.3 is 5.97 Å². The number of likely N-dealkylation sites (N-methyl/N-ethyl adjacent to an activating group) is 1. The van der Waals surface area contributed by atoms with Gasteiger partial charge < -0.3 is 15.3 Å². The summed E-state index contributed by atoms with van der Waals surface area (Å²) in [6.07, 6.45) is 0.900. The van der Waals surface area contributed by atoms with Crippen LogP contribution in [0.3, 0.4) is 0 Å². The summed E-state index contributed by atoms with van der Waals surface area (Å²) in [5.74, 6) is -0.233. The van der Waals surface area contributed by atoms with Crippen LogP contribution in [-0.2, 0) is 11.2 Å². The van der Waals surface area contributed by atoms with Gasteiger partial charge in [0.15, 0.2) is 0 Å². The molecule has 0 saturated heterocycles. The third-order valence-corrected chi connectivity index (χ3v) is 3.54. The molecule has 0 aliphatic heterocycles. The van der Waals surface area contributed by atoms with Crippen LogP contribution in [0.25, 0.3) is 0 Å². The topological polar surface area (TPSA) is 52.6 Å². The molecule has 0 aliphatic carbocycles. The molecule has 0 spiro atoms. The van der Waals surface area contributed by atoms with E-state index in [4.69, 9.17) is 5.11 Å². The summed E-state index contributed by atoms with van der Waals surface area (Å²) in [7, 11) is 4.02. The summed E-state index contributed by atoms with van der Waals surface area (Å²) in [6, 6.07) is 8.47. The Morgan fingerprint density at radius 3 is 2.33 bits per heavy atom.